The fourth-order valence-electron chi connectivity index (χ4n) is 1.39. The van der Waals surface area contributed by atoms with Gasteiger partial charge in [-0.3, -0.25) is 9.69 Å². The predicted molar refractivity (Wildman–Crippen MR) is 59.1 cm³/mol. The van der Waals surface area contributed by atoms with Crippen LogP contribution >= 0.6 is 11.8 Å². The average Bonchev–Trinajstić information content (AvgIpc) is 2.62. The minimum absolute atomic E-state index is 0.0633. The van der Waals surface area contributed by atoms with Crippen LogP contribution in [-0.2, 0) is 6.54 Å². The minimum atomic E-state index is -0.0633. The van der Waals surface area contributed by atoms with E-state index in [1.807, 2.05) is 30.3 Å². The molecule has 78 valence electrons. The number of oxime groups is 1. The van der Waals surface area contributed by atoms with Gasteiger partial charge >= 0.3 is 0 Å². The zero-order valence-corrected chi connectivity index (χ0v) is 8.78. The third-order valence-electron chi connectivity index (χ3n) is 2.16. The smallest absolute Gasteiger partial charge is 0.287 e. The zero-order chi connectivity index (χ0) is 10.7. The largest absolute Gasteiger partial charge is 0.409 e. The van der Waals surface area contributed by atoms with Crippen molar-refractivity contribution in [2.45, 2.75) is 6.54 Å². The molecule has 1 aromatic rings. The summed E-state index contributed by atoms with van der Waals surface area (Å²) in [5.41, 5.74) is 1.02. The summed E-state index contributed by atoms with van der Waals surface area (Å²) in [5, 5.41) is 11.8. The maximum Gasteiger partial charge on any atom is 0.287 e. The molecule has 5 heteroatoms. The quantitative estimate of drug-likeness (QED) is 0.616. The summed E-state index contributed by atoms with van der Waals surface area (Å²) in [6, 6.07) is 9.62. The summed E-state index contributed by atoms with van der Waals surface area (Å²) in [6.07, 6.45) is 0. The number of amidine groups is 1. The highest BCUT2D eigenvalue weighted by Crippen LogP contribution is 2.21. The molecule has 1 N–H and O–H groups in total. The van der Waals surface area contributed by atoms with Crippen molar-refractivity contribution in [2.24, 2.45) is 5.16 Å². The molecule has 0 spiro atoms. The molecule has 1 aliphatic heterocycles. The molecule has 0 bridgehead atoms. The molecule has 4 nitrogen and oxygen atoms in total. The molecule has 1 fully saturated rings. The van der Waals surface area contributed by atoms with Crippen LogP contribution in [0, 0.1) is 0 Å². The molecule has 1 aliphatic rings. The van der Waals surface area contributed by atoms with Gasteiger partial charge in [-0.1, -0.05) is 47.2 Å². The molecule has 0 aromatic heterocycles. The van der Waals surface area contributed by atoms with Crippen LogP contribution < -0.4 is 0 Å². The predicted octanol–water partition coefficient (Wildman–Crippen LogP) is 2.14. The fourth-order valence-corrected chi connectivity index (χ4v) is 2.18. The van der Waals surface area contributed by atoms with Crippen LogP contribution in [0.4, 0.5) is 4.79 Å². The van der Waals surface area contributed by atoms with Gasteiger partial charge in [0.1, 0.15) is 0 Å². The second-order valence-corrected chi connectivity index (χ2v) is 4.07. The van der Waals surface area contributed by atoms with Gasteiger partial charge < -0.3 is 5.21 Å². The molecular formula is C10H10N2O2S. The first-order valence-electron chi connectivity index (χ1n) is 4.50. The van der Waals surface area contributed by atoms with Gasteiger partial charge in [-0.05, 0) is 5.56 Å². The molecule has 15 heavy (non-hydrogen) atoms. The molecule has 2 rings (SSSR count). The Morgan fingerprint density at radius 3 is 2.80 bits per heavy atom. The van der Waals surface area contributed by atoms with Gasteiger partial charge in [-0.15, -0.1) is 0 Å². The summed E-state index contributed by atoms with van der Waals surface area (Å²) in [4.78, 5) is 12.9. The third-order valence-corrected chi connectivity index (χ3v) is 3.03. The second kappa shape index (κ2) is 4.35. The summed E-state index contributed by atoms with van der Waals surface area (Å²) in [6.45, 7) is 0.464. The van der Waals surface area contributed by atoms with Crippen LogP contribution in [0.3, 0.4) is 0 Å². The van der Waals surface area contributed by atoms with E-state index < -0.39 is 0 Å². The molecule has 1 amide bonds. The highest BCUT2D eigenvalue weighted by atomic mass is 32.2. The van der Waals surface area contributed by atoms with E-state index in [0.717, 1.165) is 17.3 Å². The first-order chi connectivity index (χ1) is 7.31. The molecule has 1 heterocycles. The van der Waals surface area contributed by atoms with Crippen LogP contribution in [0.15, 0.2) is 35.5 Å². The van der Waals surface area contributed by atoms with Gasteiger partial charge in [0.05, 0.1) is 12.3 Å². The lowest BCUT2D eigenvalue weighted by atomic mass is 10.2. The Morgan fingerprint density at radius 2 is 2.13 bits per heavy atom. The highest BCUT2D eigenvalue weighted by Gasteiger charge is 2.28. The van der Waals surface area contributed by atoms with E-state index in [0.29, 0.717) is 18.1 Å². The van der Waals surface area contributed by atoms with Crippen molar-refractivity contribution in [3.05, 3.63) is 35.9 Å². The fraction of sp³-hybridized carbons (Fsp3) is 0.200. The molecule has 0 unspecified atom stereocenters. The zero-order valence-electron chi connectivity index (χ0n) is 7.96. The minimum Gasteiger partial charge on any atom is -0.409 e. The number of hydrogen-bond acceptors (Lipinski definition) is 4. The lowest BCUT2D eigenvalue weighted by Gasteiger charge is -2.14. The average molecular weight is 222 g/mol. The number of hydrogen-bond donors (Lipinski definition) is 1. The first kappa shape index (κ1) is 10.0. The van der Waals surface area contributed by atoms with E-state index in [4.69, 9.17) is 5.21 Å². The van der Waals surface area contributed by atoms with E-state index in [2.05, 4.69) is 5.16 Å². The van der Waals surface area contributed by atoms with Crippen molar-refractivity contribution in [1.82, 2.24) is 4.90 Å². The van der Waals surface area contributed by atoms with Crippen molar-refractivity contribution >= 4 is 22.8 Å². The van der Waals surface area contributed by atoms with Crippen LogP contribution in [0.5, 0.6) is 0 Å². The maximum absolute atomic E-state index is 11.4. The molecule has 1 aromatic carbocycles. The Bertz CT molecular complexity index is 392. The normalized spacial score (nSPS) is 18.8. The Labute approximate surface area is 91.6 Å². The van der Waals surface area contributed by atoms with Crippen LogP contribution in [0.25, 0.3) is 0 Å². The Kier molecular flexibility index (Phi) is 2.91. The number of thioether (sulfide) groups is 1. The second-order valence-electron chi connectivity index (χ2n) is 3.14. The topological polar surface area (TPSA) is 52.9 Å². The van der Waals surface area contributed by atoms with Crippen molar-refractivity contribution in [1.29, 1.82) is 0 Å². The van der Waals surface area contributed by atoms with Crippen molar-refractivity contribution in [2.75, 3.05) is 5.75 Å². The molecule has 0 radical (unpaired) electrons. The van der Waals surface area contributed by atoms with E-state index in [1.54, 1.807) is 0 Å². The van der Waals surface area contributed by atoms with E-state index in [9.17, 15) is 4.79 Å². The summed E-state index contributed by atoms with van der Waals surface area (Å²) in [7, 11) is 0. The Morgan fingerprint density at radius 1 is 1.40 bits per heavy atom. The van der Waals surface area contributed by atoms with Gasteiger partial charge in [-0.2, -0.15) is 0 Å². The third kappa shape index (κ3) is 2.12. The van der Waals surface area contributed by atoms with Gasteiger partial charge in [0.25, 0.3) is 5.24 Å². The van der Waals surface area contributed by atoms with Gasteiger partial charge in [0.2, 0.25) is 0 Å². The van der Waals surface area contributed by atoms with Crippen molar-refractivity contribution in [3.63, 3.8) is 0 Å². The van der Waals surface area contributed by atoms with Gasteiger partial charge in [0, 0.05) is 0 Å². The van der Waals surface area contributed by atoms with Crippen molar-refractivity contribution in [3.8, 4) is 0 Å². The first-order valence-corrected chi connectivity index (χ1v) is 5.49. The lowest BCUT2D eigenvalue weighted by molar-refractivity contribution is 0.240. The van der Waals surface area contributed by atoms with Gasteiger partial charge in [-0.25, -0.2) is 0 Å². The highest BCUT2D eigenvalue weighted by molar-refractivity contribution is 8.14. The van der Waals surface area contributed by atoms with E-state index in [1.165, 1.54) is 4.90 Å². The van der Waals surface area contributed by atoms with Crippen LogP contribution in [-0.4, -0.2) is 26.9 Å². The Hall–Kier alpha value is -1.49. The number of amides is 1. The number of rotatable bonds is 2. The van der Waals surface area contributed by atoms with E-state index >= 15 is 0 Å². The van der Waals surface area contributed by atoms with Crippen LogP contribution in [0.1, 0.15) is 5.56 Å². The lowest BCUT2D eigenvalue weighted by Crippen LogP contribution is -2.28. The van der Waals surface area contributed by atoms with Crippen LogP contribution in [0.2, 0.25) is 0 Å². The summed E-state index contributed by atoms with van der Waals surface area (Å²) < 4.78 is 0. The summed E-state index contributed by atoms with van der Waals surface area (Å²) >= 11 is 1.15. The molecule has 0 saturated carbocycles. The number of carbonyl (C=O) groups excluding carboxylic acids is 1. The van der Waals surface area contributed by atoms with E-state index in [-0.39, 0.29) is 5.24 Å². The van der Waals surface area contributed by atoms with Gasteiger partial charge in [0.15, 0.2) is 5.84 Å². The van der Waals surface area contributed by atoms with Crippen molar-refractivity contribution < 1.29 is 10.0 Å². The monoisotopic (exact) mass is 222 g/mol. The molecular weight excluding hydrogens is 212 g/mol. The SMILES string of the molecule is O=C1SC/C(=N\O)N1Cc1ccccc1. The number of nitrogens with zero attached hydrogens (tertiary/aromatic N) is 2. The molecule has 0 aliphatic carbocycles. The number of benzene rings is 1. The Balaban J connectivity index is 2.14. The molecule has 0 atom stereocenters. The summed E-state index contributed by atoms with van der Waals surface area (Å²) in [5.74, 6) is 0.871. The molecule has 1 saturated heterocycles. The number of carbonyl (C=O) groups is 1. The standard InChI is InChI=1S/C10H10N2O2S/c13-10-12(9(11-14)7-15-10)6-8-4-2-1-3-5-8/h1-5,14H,6-7H2/b11-9+. The maximum atomic E-state index is 11.4.